The lowest BCUT2D eigenvalue weighted by Gasteiger charge is -2.09. The van der Waals surface area contributed by atoms with Crippen LogP contribution < -0.4 is 16.4 Å². The van der Waals surface area contributed by atoms with Crippen molar-refractivity contribution in [1.82, 2.24) is 5.32 Å². The first kappa shape index (κ1) is 17.0. The van der Waals surface area contributed by atoms with Gasteiger partial charge in [-0.25, -0.2) is 4.79 Å². The number of carbonyl (C=O) groups is 2. The first-order valence-electron chi connectivity index (χ1n) is 6.27. The van der Waals surface area contributed by atoms with Crippen molar-refractivity contribution in [2.45, 2.75) is 6.92 Å². The Morgan fingerprint density at radius 2 is 2.00 bits per heavy atom. The van der Waals surface area contributed by atoms with Crippen LogP contribution in [0.25, 0.3) is 0 Å². The third-order valence-electron chi connectivity index (χ3n) is 2.73. The standard InChI is InChI=1S/C13H16N4O5/c1-8-6-9(12(14)18)7-10(17(21)22)11(8)15-4-2-3-5-16-13(19)20/h2-3,6-7,15-16H,4-5H2,1H3,(H2,14,18)(H,19,20). The van der Waals surface area contributed by atoms with Gasteiger partial charge in [-0.05, 0) is 18.6 Å². The molecule has 0 saturated heterocycles. The van der Waals surface area contributed by atoms with Gasteiger partial charge in [0, 0.05) is 24.7 Å². The van der Waals surface area contributed by atoms with Gasteiger partial charge < -0.3 is 21.5 Å². The maximum atomic E-state index is 11.1. The third kappa shape index (κ3) is 4.78. The Balaban J connectivity index is 2.83. The van der Waals surface area contributed by atoms with Crippen molar-refractivity contribution in [3.8, 4) is 0 Å². The molecule has 0 atom stereocenters. The van der Waals surface area contributed by atoms with Crippen LogP contribution in [0, 0.1) is 17.0 Å². The first-order chi connectivity index (χ1) is 10.3. The average molecular weight is 308 g/mol. The molecule has 1 rings (SSSR count). The number of rotatable bonds is 7. The molecule has 0 aliphatic heterocycles. The summed E-state index contributed by atoms with van der Waals surface area (Å²) in [7, 11) is 0. The molecule has 0 saturated carbocycles. The van der Waals surface area contributed by atoms with Gasteiger partial charge in [-0.15, -0.1) is 0 Å². The van der Waals surface area contributed by atoms with Crippen molar-refractivity contribution < 1.29 is 19.6 Å². The van der Waals surface area contributed by atoms with E-state index < -0.39 is 16.9 Å². The summed E-state index contributed by atoms with van der Waals surface area (Å²) < 4.78 is 0. The molecule has 0 fully saturated rings. The van der Waals surface area contributed by atoms with Crippen molar-refractivity contribution in [2.75, 3.05) is 18.4 Å². The number of nitro groups is 1. The lowest BCUT2D eigenvalue weighted by molar-refractivity contribution is -0.384. The van der Waals surface area contributed by atoms with E-state index in [9.17, 15) is 19.7 Å². The molecule has 2 amide bonds. The Hall–Kier alpha value is -3.10. The van der Waals surface area contributed by atoms with E-state index in [2.05, 4.69) is 10.6 Å². The van der Waals surface area contributed by atoms with Crippen LogP contribution in [0.3, 0.4) is 0 Å². The van der Waals surface area contributed by atoms with E-state index in [1.807, 2.05) is 0 Å². The van der Waals surface area contributed by atoms with E-state index in [-0.39, 0.29) is 30.0 Å². The molecule has 22 heavy (non-hydrogen) atoms. The highest BCUT2D eigenvalue weighted by Gasteiger charge is 2.19. The third-order valence-corrected chi connectivity index (χ3v) is 2.73. The summed E-state index contributed by atoms with van der Waals surface area (Å²) >= 11 is 0. The number of anilines is 1. The van der Waals surface area contributed by atoms with Crippen molar-refractivity contribution in [2.24, 2.45) is 5.73 Å². The zero-order valence-electron chi connectivity index (χ0n) is 11.8. The Morgan fingerprint density at radius 3 is 2.55 bits per heavy atom. The Morgan fingerprint density at radius 1 is 1.36 bits per heavy atom. The summed E-state index contributed by atoms with van der Waals surface area (Å²) in [6, 6.07) is 2.58. The minimum absolute atomic E-state index is 0.0657. The van der Waals surface area contributed by atoms with Gasteiger partial charge in [0.1, 0.15) is 5.69 Å². The van der Waals surface area contributed by atoms with Crippen LogP contribution in [0.1, 0.15) is 15.9 Å². The number of nitrogens with one attached hydrogen (secondary N) is 2. The number of primary amides is 1. The number of carbonyl (C=O) groups excluding carboxylic acids is 1. The number of nitrogens with zero attached hydrogens (tertiary/aromatic N) is 1. The quantitative estimate of drug-likeness (QED) is 0.338. The number of nitrogens with two attached hydrogens (primary N) is 1. The largest absolute Gasteiger partial charge is 0.465 e. The van der Waals surface area contributed by atoms with Crippen LogP contribution in [0.2, 0.25) is 0 Å². The van der Waals surface area contributed by atoms with Crippen LogP contribution in [0.5, 0.6) is 0 Å². The maximum Gasteiger partial charge on any atom is 0.404 e. The van der Waals surface area contributed by atoms with Gasteiger partial charge in [0.05, 0.1) is 4.92 Å². The van der Waals surface area contributed by atoms with Gasteiger partial charge in [0.2, 0.25) is 5.91 Å². The monoisotopic (exact) mass is 308 g/mol. The van der Waals surface area contributed by atoms with Crippen LogP contribution >= 0.6 is 0 Å². The van der Waals surface area contributed by atoms with Crippen LogP contribution in [-0.2, 0) is 0 Å². The molecule has 1 aromatic carbocycles. The zero-order chi connectivity index (χ0) is 16.7. The van der Waals surface area contributed by atoms with Crippen molar-refractivity contribution in [1.29, 1.82) is 0 Å². The van der Waals surface area contributed by atoms with Gasteiger partial charge in [0.25, 0.3) is 5.69 Å². The molecule has 0 bridgehead atoms. The average Bonchev–Trinajstić information content (AvgIpc) is 2.42. The van der Waals surface area contributed by atoms with E-state index in [0.29, 0.717) is 5.56 Å². The van der Waals surface area contributed by atoms with Gasteiger partial charge in [-0.3, -0.25) is 14.9 Å². The van der Waals surface area contributed by atoms with E-state index in [1.165, 1.54) is 6.07 Å². The van der Waals surface area contributed by atoms with Gasteiger partial charge in [0.15, 0.2) is 0 Å². The summed E-state index contributed by atoms with van der Waals surface area (Å²) in [5, 5.41) is 24.5. The topological polar surface area (TPSA) is 148 Å². The molecular formula is C13H16N4O5. The lowest BCUT2D eigenvalue weighted by Crippen LogP contribution is -2.20. The van der Waals surface area contributed by atoms with Gasteiger partial charge in [-0.1, -0.05) is 12.2 Å². The first-order valence-corrected chi connectivity index (χ1v) is 6.27. The number of carboxylic acid groups (broad SMARTS) is 1. The second-order valence-electron chi connectivity index (χ2n) is 4.35. The molecule has 0 aliphatic carbocycles. The van der Waals surface area contributed by atoms with E-state index >= 15 is 0 Å². The molecule has 0 heterocycles. The molecule has 0 aliphatic rings. The summed E-state index contributed by atoms with van der Waals surface area (Å²) in [4.78, 5) is 31.9. The minimum atomic E-state index is -1.13. The van der Waals surface area contributed by atoms with E-state index in [0.717, 1.165) is 6.07 Å². The summed E-state index contributed by atoms with van der Waals surface area (Å²) in [6.07, 6.45) is 2.06. The molecule has 9 nitrogen and oxygen atoms in total. The van der Waals surface area contributed by atoms with Crippen LogP contribution in [-0.4, -0.2) is 35.1 Å². The SMILES string of the molecule is Cc1cc(C(N)=O)cc([N+](=O)[O-])c1NCC=CCNC(=O)O. The molecular weight excluding hydrogens is 292 g/mol. The number of nitro benzene ring substituents is 1. The number of hydrogen-bond donors (Lipinski definition) is 4. The number of amides is 2. The van der Waals surface area contributed by atoms with E-state index in [1.54, 1.807) is 19.1 Å². The van der Waals surface area contributed by atoms with Crippen LogP contribution in [0.4, 0.5) is 16.2 Å². The Kier molecular flexibility index (Phi) is 5.87. The molecule has 5 N–H and O–H groups in total. The Bertz CT molecular complexity index is 627. The second-order valence-corrected chi connectivity index (χ2v) is 4.35. The second kappa shape index (κ2) is 7.62. The highest BCUT2D eigenvalue weighted by Crippen LogP contribution is 2.29. The molecule has 0 radical (unpaired) electrons. The molecule has 0 unspecified atom stereocenters. The fourth-order valence-electron chi connectivity index (χ4n) is 1.76. The normalized spacial score (nSPS) is 10.4. The number of benzene rings is 1. The molecule has 118 valence electrons. The van der Waals surface area contributed by atoms with Gasteiger partial charge >= 0.3 is 6.09 Å². The Labute approximate surface area is 126 Å². The maximum absolute atomic E-state index is 11.1. The highest BCUT2D eigenvalue weighted by atomic mass is 16.6. The predicted octanol–water partition coefficient (Wildman–Crippen LogP) is 1.24. The van der Waals surface area contributed by atoms with Crippen molar-refractivity contribution in [3.05, 3.63) is 45.5 Å². The molecule has 0 spiro atoms. The fourth-order valence-corrected chi connectivity index (χ4v) is 1.76. The number of hydrogen-bond acceptors (Lipinski definition) is 5. The summed E-state index contributed by atoms with van der Waals surface area (Å²) in [5.74, 6) is -0.739. The van der Waals surface area contributed by atoms with E-state index in [4.69, 9.17) is 10.8 Å². The molecule has 9 heteroatoms. The highest BCUT2D eigenvalue weighted by molar-refractivity contribution is 5.95. The summed E-state index contributed by atoms with van der Waals surface area (Å²) in [5.41, 5.74) is 5.75. The number of aryl methyl sites for hydroxylation is 1. The smallest absolute Gasteiger partial charge is 0.404 e. The summed E-state index contributed by atoms with van der Waals surface area (Å²) in [6.45, 7) is 2.02. The van der Waals surface area contributed by atoms with Crippen molar-refractivity contribution >= 4 is 23.4 Å². The zero-order valence-corrected chi connectivity index (χ0v) is 11.8. The van der Waals surface area contributed by atoms with Gasteiger partial charge in [-0.2, -0.15) is 0 Å². The molecule has 0 aromatic heterocycles. The van der Waals surface area contributed by atoms with Crippen LogP contribution in [0.15, 0.2) is 24.3 Å². The van der Waals surface area contributed by atoms with Crippen molar-refractivity contribution in [3.63, 3.8) is 0 Å². The minimum Gasteiger partial charge on any atom is -0.465 e. The predicted molar refractivity (Wildman–Crippen MR) is 80.0 cm³/mol. The molecule has 1 aromatic rings. The lowest BCUT2D eigenvalue weighted by atomic mass is 10.1. The fraction of sp³-hybridized carbons (Fsp3) is 0.231.